The molecule has 0 radical (unpaired) electrons. The van der Waals surface area contributed by atoms with Crippen LogP contribution >= 0.6 is 11.6 Å². The van der Waals surface area contributed by atoms with E-state index in [-0.39, 0.29) is 34.9 Å². The summed E-state index contributed by atoms with van der Waals surface area (Å²) in [4.78, 5) is 16.4. The van der Waals surface area contributed by atoms with Crippen LogP contribution in [-0.4, -0.2) is 36.6 Å². The van der Waals surface area contributed by atoms with Gasteiger partial charge in [0.2, 0.25) is 5.88 Å². The first-order valence-electron chi connectivity index (χ1n) is 8.83. The third-order valence-electron chi connectivity index (χ3n) is 4.13. The van der Waals surface area contributed by atoms with Crippen LogP contribution in [0.2, 0.25) is 5.02 Å². The van der Waals surface area contributed by atoms with Crippen molar-refractivity contribution in [3.8, 4) is 11.6 Å². The van der Waals surface area contributed by atoms with Gasteiger partial charge >= 0.3 is 6.36 Å². The van der Waals surface area contributed by atoms with Gasteiger partial charge in [-0.05, 0) is 23.8 Å². The second-order valence-corrected chi connectivity index (χ2v) is 6.72. The molecule has 0 bridgehead atoms. The highest BCUT2D eigenvalue weighted by atomic mass is 35.5. The molecule has 2 heterocycles. The molecule has 29 heavy (non-hydrogen) atoms. The van der Waals surface area contributed by atoms with Crippen LogP contribution in [0, 0.1) is 0 Å². The molecule has 2 aromatic rings. The lowest BCUT2D eigenvalue weighted by molar-refractivity contribution is -0.274. The van der Waals surface area contributed by atoms with Gasteiger partial charge in [0.1, 0.15) is 16.9 Å². The van der Waals surface area contributed by atoms with Crippen LogP contribution in [0.15, 0.2) is 36.5 Å². The second kappa shape index (κ2) is 9.32. The fraction of sp³-hybridized carbons (Fsp3) is 0.368. The molecule has 156 valence electrons. The molecule has 0 aliphatic carbocycles. The average molecular weight is 431 g/mol. The van der Waals surface area contributed by atoms with Crippen LogP contribution in [-0.2, 0) is 11.3 Å². The van der Waals surface area contributed by atoms with Crippen molar-refractivity contribution in [3.05, 3.63) is 52.7 Å². The molecule has 1 aliphatic rings. The van der Waals surface area contributed by atoms with Gasteiger partial charge in [0.05, 0.1) is 18.8 Å². The number of nitrogens with zero attached hydrogens (tertiary/aromatic N) is 1. The molecule has 1 aliphatic heterocycles. The quantitative estimate of drug-likeness (QED) is 0.746. The van der Waals surface area contributed by atoms with Gasteiger partial charge in [-0.25, -0.2) is 4.98 Å². The number of carbonyl (C=O) groups excluding carboxylic acids is 1. The van der Waals surface area contributed by atoms with Crippen LogP contribution in [0.25, 0.3) is 0 Å². The predicted molar refractivity (Wildman–Crippen MR) is 98.0 cm³/mol. The maximum absolute atomic E-state index is 12.3. The Hall–Kier alpha value is -2.52. The van der Waals surface area contributed by atoms with E-state index in [9.17, 15) is 18.0 Å². The summed E-state index contributed by atoms with van der Waals surface area (Å²) in [5, 5.41) is 2.87. The minimum absolute atomic E-state index is 0.0299. The maximum Gasteiger partial charge on any atom is 0.573 e. The molecule has 1 amide bonds. The van der Waals surface area contributed by atoms with Crippen molar-refractivity contribution >= 4 is 17.5 Å². The van der Waals surface area contributed by atoms with Gasteiger partial charge in [0.15, 0.2) is 0 Å². The summed E-state index contributed by atoms with van der Waals surface area (Å²) in [6, 6.07) is 6.67. The lowest BCUT2D eigenvalue weighted by atomic mass is 10.1. The highest BCUT2D eigenvalue weighted by Crippen LogP contribution is 2.26. The zero-order valence-electron chi connectivity index (χ0n) is 15.2. The van der Waals surface area contributed by atoms with Gasteiger partial charge in [0, 0.05) is 25.6 Å². The van der Waals surface area contributed by atoms with Gasteiger partial charge in [-0.15, -0.1) is 13.2 Å². The molecule has 1 saturated heterocycles. The highest BCUT2D eigenvalue weighted by Gasteiger charge is 2.30. The van der Waals surface area contributed by atoms with Gasteiger partial charge < -0.3 is 19.5 Å². The van der Waals surface area contributed by atoms with Gasteiger partial charge in [0.25, 0.3) is 5.91 Å². The van der Waals surface area contributed by atoms with Crippen LogP contribution in [0.1, 0.15) is 28.8 Å². The Morgan fingerprint density at radius 2 is 1.93 bits per heavy atom. The number of hydrogen-bond donors (Lipinski definition) is 1. The molecule has 0 unspecified atom stereocenters. The summed E-state index contributed by atoms with van der Waals surface area (Å²) in [6.07, 6.45) is -1.93. The van der Waals surface area contributed by atoms with Gasteiger partial charge in [-0.2, -0.15) is 0 Å². The van der Waals surface area contributed by atoms with E-state index in [1.54, 1.807) is 0 Å². The molecule has 10 heteroatoms. The third-order valence-corrected chi connectivity index (χ3v) is 4.40. The van der Waals surface area contributed by atoms with E-state index in [1.807, 2.05) is 0 Å². The van der Waals surface area contributed by atoms with E-state index in [0.717, 1.165) is 12.8 Å². The number of aromatic nitrogens is 1. The monoisotopic (exact) mass is 430 g/mol. The number of halogens is 4. The molecule has 0 atom stereocenters. The number of carbonyl (C=O) groups is 1. The van der Waals surface area contributed by atoms with E-state index < -0.39 is 12.3 Å². The number of nitrogens with one attached hydrogen (secondary N) is 1. The van der Waals surface area contributed by atoms with Crippen molar-refractivity contribution in [2.45, 2.75) is 31.9 Å². The standard InChI is InChI=1S/C19H18ClF3N2O4/c20-16-9-13(11-25-18(16)28-14-5-7-27-8-6-14)17(26)24-10-12-1-3-15(4-2-12)29-19(21,22)23/h1-4,9,11,14H,5-8,10H2,(H,24,26). The zero-order chi connectivity index (χ0) is 20.9. The molecule has 1 fully saturated rings. The van der Waals surface area contributed by atoms with Crippen LogP contribution in [0.5, 0.6) is 11.6 Å². The van der Waals surface area contributed by atoms with Gasteiger partial charge in [-0.3, -0.25) is 4.79 Å². The number of rotatable bonds is 6. The van der Waals surface area contributed by atoms with Gasteiger partial charge in [-0.1, -0.05) is 23.7 Å². The minimum Gasteiger partial charge on any atom is -0.473 e. The Morgan fingerprint density at radius 3 is 2.55 bits per heavy atom. The van der Waals surface area contributed by atoms with Crippen molar-refractivity contribution in [3.63, 3.8) is 0 Å². The normalized spacial score (nSPS) is 15.0. The van der Waals surface area contributed by atoms with Crippen LogP contribution in [0.4, 0.5) is 13.2 Å². The summed E-state index contributed by atoms with van der Waals surface area (Å²) in [5.41, 5.74) is 0.845. The molecule has 1 N–H and O–H groups in total. The summed E-state index contributed by atoms with van der Waals surface area (Å²) < 4.78 is 51.3. The molecular formula is C19H18ClF3N2O4. The number of pyridine rings is 1. The average Bonchev–Trinajstić information content (AvgIpc) is 2.68. The SMILES string of the molecule is O=C(NCc1ccc(OC(F)(F)F)cc1)c1cnc(OC2CCOCC2)c(Cl)c1. The molecule has 0 spiro atoms. The minimum atomic E-state index is -4.75. The van der Waals surface area contributed by atoms with E-state index in [2.05, 4.69) is 15.0 Å². The van der Waals surface area contributed by atoms with E-state index in [4.69, 9.17) is 21.1 Å². The summed E-state index contributed by atoms with van der Waals surface area (Å²) in [5.74, 6) is -0.494. The largest absolute Gasteiger partial charge is 0.573 e. The molecule has 3 rings (SSSR count). The predicted octanol–water partition coefficient (Wildman–Crippen LogP) is 4.12. The first-order chi connectivity index (χ1) is 13.8. The first kappa shape index (κ1) is 21.2. The fourth-order valence-electron chi connectivity index (χ4n) is 2.68. The summed E-state index contributed by atoms with van der Waals surface area (Å²) >= 11 is 6.18. The molecule has 1 aromatic heterocycles. The topological polar surface area (TPSA) is 69.7 Å². The van der Waals surface area contributed by atoms with Crippen molar-refractivity contribution in [1.29, 1.82) is 0 Å². The Kier molecular flexibility index (Phi) is 6.81. The number of amides is 1. The van der Waals surface area contributed by atoms with Crippen LogP contribution in [0.3, 0.4) is 0 Å². The smallest absolute Gasteiger partial charge is 0.473 e. The van der Waals surface area contributed by atoms with Crippen molar-refractivity contribution in [2.24, 2.45) is 0 Å². The Bertz CT molecular complexity index is 840. The Morgan fingerprint density at radius 1 is 1.24 bits per heavy atom. The zero-order valence-corrected chi connectivity index (χ0v) is 15.9. The van der Waals surface area contributed by atoms with Crippen molar-refractivity contribution in [2.75, 3.05) is 13.2 Å². The third kappa shape index (κ3) is 6.50. The fourth-order valence-corrected chi connectivity index (χ4v) is 2.89. The lowest BCUT2D eigenvalue weighted by Crippen LogP contribution is -2.26. The first-order valence-corrected chi connectivity index (χ1v) is 9.21. The second-order valence-electron chi connectivity index (χ2n) is 6.31. The summed E-state index contributed by atoms with van der Waals surface area (Å²) in [7, 11) is 0. The van der Waals surface area contributed by atoms with Crippen LogP contribution < -0.4 is 14.8 Å². The maximum atomic E-state index is 12.3. The molecule has 0 saturated carbocycles. The van der Waals surface area contributed by atoms with Crippen molar-refractivity contribution < 1.29 is 32.2 Å². The molecule has 1 aromatic carbocycles. The van der Waals surface area contributed by atoms with E-state index in [0.29, 0.717) is 18.8 Å². The molecular weight excluding hydrogens is 413 g/mol. The number of alkyl halides is 3. The number of hydrogen-bond acceptors (Lipinski definition) is 5. The van der Waals surface area contributed by atoms with Crippen molar-refractivity contribution in [1.82, 2.24) is 10.3 Å². The number of benzene rings is 1. The highest BCUT2D eigenvalue weighted by molar-refractivity contribution is 6.32. The van der Waals surface area contributed by atoms with E-state index >= 15 is 0 Å². The summed E-state index contributed by atoms with van der Waals surface area (Å²) in [6.45, 7) is 1.35. The number of ether oxygens (including phenoxy) is 3. The Labute approximate surface area is 169 Å². The van der Waals surface area contributed by atoms with E-state index in [1.165, 1.54) is 36.5 Å². The Balaban J connectivity index is 1.54. The lowest BCUT2D eigenvalue weighted by Gasteiger charge is -2.23. The molecule has 6 nitrogen and oxygen atoms in total.